The van der Waals surface area contributed by atoms with Crippen LogP contribution < -0.4 is 19.1 Å². The molecule has 0 fully saturated rings. The minimum absolute atomic E-state index is 0.0308. The second kappa shape index (κ2) is 11.3. The molecule has 9 heteroatoms. The molecule has 0 heterocycles. The molecular weight excluding hydrogens is 476 g/mol. The number of hydrogen-bond acceptors (Lipinski definition) is 5. The van der Waals surface area contributed by atoms with Crippen molar-refractivity contribution in [2.24, 2.45) is 0 Å². The second-order valence-corrected chi connectivity index (χ2v) is 9.77. The van der Waals surface area contributed by atoms with E-state index in [0.29, 0.717) is 22.9 Å². The summed E-state index contributed by atoms with van der Waals surface area (Å²) in [6, 6.07) is 19.5. The molecule has 180 valence electrons. The van der Waals surface area contributed by atoms with Crippen LogP contribution in [0.1, 0.15) is 24.9 Å². The van der Waals surface area contributed by atoms with Crippen LogP contribution in [-0.4, -0.2) is 35.1 Å². The van der Waals surface area contributed by atoms with E-state index in [-0.39, 0.29) is 16.6 Å². The molecule has 0 saturated heterocycles. The van der Waals surface area contributed by atoms with Crippen LogP contribution in [0.15, 0.2) is 77.7 Å². The summed E-state index contributed by atoms with van der Waals surface area (Å²) in [6.07, 6.45) is 0.625. The van der Waals surface area contributed by atoms with Crippen molar-refractivity contribution in [1.82, 2.24) is 5.32 Å². The first-order chi connectivity index (χ1) is 16.3. The normalized spacial score (nSPS) is 12.0. The summed E-state index contributed by atoms with van der Waals surface area (Å²) in [4.78, 5) is 13.1. The van der Waals surface area contributed by atoms with E-state index < -0.39 is 22.5 Å². The fraction of sp³-hybridized carbons (Fsp3) is 0.240. The van der Waals surface area contributed by atoms with Crippen LogP contribution in [0.25, 0.3) is 0 Å². The van der Waals surface area contributed by atoms with E-state index in [1.54, 1.807) is 37.4 Å². The van der Waals surface area contributed by atoms with Gasteiger partial charge in [0.1, 0.15) is 18.0 Å². The van der Waals surface area contributed by atoms with E-state index in [1.807, 2.05) is 31.2 Å². The van der Waals surface area contributed by atoms with Crippen LogP contribution in [0.2, 0.25) is 5.02 Å². The molecular formula is C25H27ClN2O5S. The van der Waals surface area contributed by atoms with Gasteiger partial charge in [0, 0.05) is 5.02 Å². The molecule has 7 nitrogen and oxygen atoms in total. The maximum absolute atomic E-state index is 13.5. The number of halogens is 1. The van der Waals surface area contributed by atoms with Crippen LogP contribution in [0.4, 0.5) is 5.69 Å². The molecule has 1 atom stereocenters. The van der Waals surface area contributed by atoms with Gasteiger partial charge >= 0.3 is 0 Å². The highest BCUT2D eigenvalue weighted by Gasteiger charge is 2.28. The summed E-state index contributed by atoms with van der Waals surface area (Å²) in [7, 11) is -0.981. The topological polar surface area (TPSA) is 84.9 Å². The zero-order valence-corrected chi connectivity index (χ0v) is 20.8. The van der Waals surface area contributed by atoms with Gasteiger partial charge < -0.3 is 14.8 Å². The van der Waals surface area contributed by atoms with Gasteiger partial charge in [-0.3, -0.25) is 9.10 Å². The lowest BCUT2D eigenvalue weighted by Gasteiger charge is -2.26. The van der Waals surface area contributed by atoms with E-state index in [0.717, 1.165) is 9.87 Å². The van der Waals surface area contributed by atoms with Crippen molar-refractivity contribution in [2.45, 2.75) is 24.3 Å². The predicted molar refractivity (Wildman–Crippen MR) is 133 cm³/mol. The van der Waals surface area contributed by atoms with Gasteiger partial charge in [0.05, 0.1) is 30.8 Å². The van der Waals surface area contributed by atoms with Crippen molar-refractivity contribution in [2.75, 3.05) is 25.1 Å². The van der Waals surface area contributed by atoms with E-state index in [4.69, 9.17) is 21.1 Å². The number of rotatable bonds is 10. The summed E-state index contributed by atoms with van der Waals surface area (Å²) in [5.41, 5.74) is 1.18. The number of nitrogens with one attached hydrogen (secondary N) is 1. The third kappa shape index (κ3) is 6.01. The minimum Gasteiger partial charge on any atom is -0.497 e. The molecule has 0 aliphatic carbocycles. The molecule has 0 bridgehead atoms. The van der Waals surface area contributed by atoms with Crippen molar-refractivity contribution >= 4 is 33.2 Å². The average molecular weight is 503 g/mol. The first-order valence-electron chi connectivity index (χ1n) is 10.6. The van der Waals surface area contributed by atoms with Crippen molar-refractivity contribution in [3.63, 3.8) is 0 Å². The van der Waals surface area contributed by atoms with E-state index in [1.165, 1.54) is 25.3 Å². The van der Waals surface area contributed by atoms with E-state index in [9.17, 15) is 13.2 Å². The largest absolute Gasteiger partial charge is 0.497 e. The second-order valence-electron chi connectivity index (χ2n) is 7.47. The Bertz CT molecular complexity index is 1210. The zero-order valence-electron chi connectivity index (χ0n) is 19.2. The molecule has 0 radical (unpaired) electrons. The van der Waals surface area contributed by atoms with Gasteiger partial charge in [0.2, 0.25) is 5.91 Å². The maximum Gasteiger partial charge on any atom is 0.264 e. The number of hydrogen-bond donors (Lipinski definition) is 1. The number of methoxy groups -OCH3 is 2. The number of benzene rings is 3. The lowest BCUT2D eigenvalue weighted by Crippen LogP contribution is -2.42. The number of amides is 1. The monoisotopic (exact) mass is 502 g/mol. The number of ether oxygens (including phenoxy) is 2. The van der Waals surface area contributed by atoms with Crippen LogP contribution >= 0.6 is 11.6 Å². The summed E-state index contributed by atoms with van der Waals surface area (Å²) in [5, 5.41) is 3.30. The average Bonchev–Trinajstić information content (AvgIpc) is 2.85. The van der Waals surface area contributed by atoms with Crippen molar-refractivity contribution in [1.29, 1.82) is 0 Å². The van der Waals surface area contributed by atoms with Gasteiger partial charge in [-0.1, -0.05) is 36.7 Å². The molecule has 0 aliphatic heterocycles. The third-order valence-electron chi connectivity index (χ3n) is 5.29. The molecule has 0 saturated carbocycles. The first kappa shape index (κ1) is 25.4. The number of carbonyl (C=O) groups is 1. The maximum atomic E-state index is 13.5. The summed E-state index contributed by atoms with van der Waals surface area (Å²) in [5.74, 6) is 0.790. The third-order valence-corrected chi connectivity index (χ3v) is 7.32. The molecule has 34 heavy (non-hydrogen) atoms. The smallest absolute Gasteiger partial charge is 0.264 e. The van der Waals surface area contributed by atoms with Gasteiger partial charge in [-0.25, -0.2) is 8.42 Å². The zero-order chi connectivity index (χ0) is 24.7. The lowest BCUT2D eigenvalue weighted by atomic mass is 10.0. The molecule has 1 N–H and O–H groups in total. The van der Waals surface area contributed by atoms with E-state index in [2.05, 4.69) is 5.32 Å². The van der Waals surface area contributed by atoms with Crippen molar-refractivity contribution < 1.29 is 22.7 Å². The Labute approximate surface area is 205 Å². The Morgan fingerprint density at radius 1 is 0.971 bits per heavy atom. The standard InChI is InChI=1S/C25H27ClN2O5S/c1-4-24(18-8-10-21(32-2)11-9-18)27-25(29)17-28(20-7-5-6-19(26)16-20)34(30,31)23-14-12-22(33-3)13-15-23/h5-16,24H,4,17H2,1-3H3,(H,27,29)/t24-/m0/s1. The highest BCUT2D eigenvalue weighted by molar-refractivity contribution is 7.92. The number of anilines is 1. The molecule has 0 aromatic heterocycles. The Morgan fingerprint density at radius 3 is 2.09 bits per heavy atom. The number of nitrogens with zero attached hydrogens (tertiary/aromatic N) is 1. The summed E-state index contributed by atoms with van der Waals surface area (Å²) < 4.78 is 38.4. The lowest BCUT2D eigenvalue weighted by molar-refractivity contribution is -0.120. The van der Waals surface area contributed by atoms with Crippen LogP contribution in [0.3, 0.4) is 0 Å². The van der Waals surface area contributed by atoms with Gasteiger partial charge in [-0.2, -0.15) is 0 Å². The van der Waals surface area contributed by atoms with Crippen LogP contribution in [0, 0.1) is 0 Å². The fourth-order valence-corrected chi connectivity index (χ4v) is 5.05. The molecule has 3 aromatic carbocycles. The Balaban J connectivity index is 1.89. The summed E-state index contributed by atoms with van der Waals surface area (Å²) in [6.45, 7) is 1.53. The van der Waals surface area contributed by atoms with Gasteiger partial charge in [0.15, 0.2) is 0 Å². The van der Waals surface area contributed by atoms with Crippen LogP contribution in [0.5, 0.6) is 11.5 Å². The van der Waals surface area contributed by atoms with Gasteiger partial charge in [-0.05, 0) is 66.6 Å². The van der Waals surface area contributed by atoms with Gasteiger partial charge in [0.25, 0.3) is 10.0 Å². The Kier molecular flexibility index (Phi) is 8.41. The summed E-state index contributed by atoms with van der Waals surface area (Å²) >= 11 is 6.12. The van der Waals surface area contributed by atoms with Crippen LogP contribution in [-0.2, 0) is 14.8 Å². The minimum atomic E-state index is -4.07. The number of sulfonamides is 1. The SMILES string of the molecule is CC[C@H](NC(=O)CN(c1cccc(Cl)c1)S(=O)(=O)c1ccc(OC)cc1)c1ccc(OC)cc1. The van der Waals surface area contributed by atoms with Gasteiger partial charge in [-0.15, -0.1) is 0 Å². The molecule has 3 rings (SSSR count). The fourth-order valence-electron chi connectivity index (χ4n) is 3.45. The predicted octanol–water partition coefficient (Wildman–Crippen LogP) is 4.82. The number of carbonyl (C=O) groups excluding carboxylic acids is 1. The first-order valence-corrected chi connectivity index (χ1v) is 12.5. The van der Waals surface area contributed by atoms with Crippen molar-refractivity contribution in [3.05, 3.63) is 83.4 Å². The molecule has 1 amide bonds. The molecule has 0 aliphatic rings. The van der Waals surface area contributed by atoms with E-state index >= 15 is 0 Å². The Morgan fingerprint density at radius 2 is 1.56 bits per heavy atom. The Hall–Kier alpha value is -3.23. The highest BCUT2D eigenvalue weighted by Crippen LogP contribution is 2.27. The molecule has 3 aromatic rings. The molecule has 0 unspecified atom stereocenters. The highest BCUT2D eigenvalue weighted by atomic mass is 35.5. The van der Waals surface area contributed by atoms with Crippen molar-refractivity contribution in [3.8, 4) is 11.5 Å². The quantitative estimate of drug-likeness (QED) is 0.429. The molecule has 0 spiro atoms.